The van der Waals surface area contributed by atoms with Gasteiger partial charge >= 0.3 is 0 Å². The molecular formula is C25H33N11O. The van der Waals surface area contributed by atoms with Crippen LogP contribution >= 0.6 is 0 Å². The van der Waals surface area contributed by atoms with Crippen LogP contribution in [-0.2, 0) is 14.1 Å². The van der Waals surface area contributed by atoms with Crippen molar-refractivity contribution in [3.63, 3.8) is 0 Å². The highest BCUT2D eigenvalue weighted by molar-refractivity contribution is 5.96. The first-order chi connectivity index (χ1) is 17.7. The molecule has 0 atom stereocenters. The molecule has 1 saturated heterocycles. The molecule has 1 aliphatic heterocycles. The SMILES string of the molecule is Cc1ncc(C(=O)NCCN2CCCC2(C)C)cc1Nc1nn(C)c2nc(Nc3ccn(C)n3)ncc12. The van der Waals surface area contributed by atoms with Crippen molar-refractivity contribution in [2.45, 2.75) is 39.2 Å². The smallest absolute Gasteiger partial charge is 0.252 e. The van der Waals surface area contributed by atoms with Gasteiger partial charge in [0.1, 0.15) is 0 Å². The lowest BCUT2D eigenvalue weighted by Gasteiger charge is -2.31. The maximum atomic E-state index is 12.9. The molecule has 4 aromatic heterocycles. The minimum atomic E-state index is -0.146. The molecule has 0 radical (unpaired) electrons. The zero-order valence-electron chi connectivity index (χ0n) is 21.9. The van der Waals surface area contributed by atoms with Crippen LogP contribution in [0.25, 0.3) is 11.0 Å². The van der Waals surface area contributed by atoms with E-state index >= 15 is 0 Å². The summed E-state index contributed by atoms with van der Waals surface area (Å²) in [5, 5.41) is 19.1. The van der Waals surface area contributed by atoms with Gasteiger partial charge in [0.15, 0.2) is 17.3 Å². The lowest BCUT2D eigenvalue weighted by atomic mass is 10.0. The zero-order valence-corrected chi connectivity index (χ0v) is 21.9. The van der Waals surface area contributed by atoms with Gasteiger partial charge in [-0.3, -0.25) is 19.4 Å². The fourth-order valence-electron chi connectivity index (χ4n) is 4.68. The van der Waals surface area contributed by atoms with Crippen LogP contribution in [-0.4, -0.2) is 70.5 Å². The number of likely N-dealkylation sites (tertiary alicyclic amines) is 1. The molecule has 194 valence electrons. The predicted molar refractivity (Wildman–Crippen MR) is 142 cm³/mol. The molecule has 0 spiro atoms. The number of hydrogen-bond acceptors (Lipinski definition) is 9. The van der Waals surface area contributed by atoms with E-state index in [0.717, 1.165) is 24.2 Å². The summed E-state index contributed by atoms with van der Waals surface area (Å²) in [5.41, 5.74) is 2.79. The van der Waals surface area contributed by atoms with Crippen LogP contribution in [0, 0.1) is 6.92 Å². The van der Waals surface area contributed by atoms with Crippen LogP contribution in [0.3, 0.4) is 0 Å². The Morgan fingerprint density at radius 2 is 1.97 bits per heavy atom. The number of hydrogen-bond donors (Lipinski definition) is 3. The fraction of sp³-hybridized carbons (Fsp3) is 0.440. The van der Waals surface area contributed by atoms with E-state index in [4.69, 9.17) is 0 Å². The average molecular weight is 504 g/mol. The van der Waals surface area contributed by atoms with Gasteiger partial charge in [-0.2, -0.15) is 15.2 Å². The summed E-state index contributed by atoms with van der Waals surface area (Å²) in [6, 6.07) is 3.64. The van der Waals surface area contributed by atoms with Crippen molar-refractivity contribution >= 4 is 40.2 Å². The van der Waals surface area contributed by atoms with Gasteiger partial charge in [-0.1, -0.05) is 0 Å². The highest BCUT2D eigenvalue weighted by atomic mass is 16.1. The Morgan fingerprint density at radius 3 is 2.70 bits per heavy atom. The van der Waals surface area contributed by atoms with Gasteiger partial charge in [-0.05, 0) is 46.2 Å². The highest BCUT2D eigenvalue weighted by Crippen LogP contribution is 2.28. The number of aromatic nitrogens is 7. The second kappa shape index (κ2) is 9.77. The molecule has 4 aromatic rings. The van der Waals surface area contributed by atoms with Gasteiger partial charge in [0.25, 0.3) is 5.91 Å². The predicted octanol–water partition coefficient (Wildman–Crippen LogP) is 2.89. The van der Waals surface area contributed by atoms with Gasteiger partial charge in [0, 0.05) is 57.4 Å². The third-order valence-electron chi connectivity index (χ3n) is 6.88. The Labute approximate surface area is 215 Å². The summed E-state index contributed by atoms with van der Waals surface area (Å²) in [4.78, 5) is 28.7. The molecule has 0 aliphatic carbocycles. The van der Waals surface area contributed by atoms with Crippen LogP contribution in [0.15, 0.2) is 30.7 Å². The Bertz CT molecular complexity index is 1440. The standard InChI is InChI=1S/C25H33N11O/c1-16-19(13-17(14-27-16)23(37)26-9-12-36-10-6-8-25(36,2)3)29-21-18-15-28-24(31-22(18)35(5)33-21)30-20-7-11-34(4)32-20/h7,11,13-15H,6,8-10,12H2,1-5H3,(H,26,37)(H,29,33)(H,28,30,31,32). The van der Waals surface area contributed by atoms with E-state index in [2.05, 4.69) is 59.8 Å². The van der Waals surface area contributed by atoms with Gasteiger partial charge < -0.3 is 16.0 Å². The van der Waals surface area contributed by atoms with Gasteiger partial charge in [0.05, 0.1) is 22.3 Å². The van der Waals surface area contributed by atoms with E-state index in [1.165, 1.54) is 12.8 Å². The summed E-state index contributed by atoms with van der Waals surface area (Å²) < 4.78 is 3.38. The third-order valence-corrected chi connectivity index (χ3v) is 6.88. The van der Waals surface area contributed by atoms with Crippen molar-refractivity contribution < 1.29 is 4.79 Å². The molecule has 1 amide bonds. The molecular weight excluding hydrogens is 470 g/mol. The topological polar surface area (TPSA) is 131 Å². The van der Waals surface area contributed by atoms with Gasteiger partial charge in [-0.25, -0.2) is 9.67 Å². The van der Waals surface area contributed by atoms with Crippen LogP contribution in [0.2, 0.25) is 0 Å². The lowest BCUT2D eigenvalue weighted by Crippen LogP contribution is -2.43. The number of fused-ring (bicyclic) bond motifs is 1. The Balaban J connectivity index is 1.29. The molecule has 0 saturated carbocycles. The number of amides is 1. The largest absolute Gasteiger partial charge is 0.351 e. The zero-order chi connectivity index (χ0) is 26.2. The highest BCUT2D eigenvalue weighted by Gasteiger charge is 2.31. The third kappa shape index (κ3) is 5.24. The summed E-state index contributed by atoms with van der Waals surface area (Å²) in [5.74, 6) is 1.52. The number of anilines is 4. The number of carbonyl (C=O) groups is 1. The van der Waals surface area contributed by atoms with Crippen LogP contribution in [0.5, 0.6) is 0 Å². The minimum Gasteiger partial charge on any atom is -0.351 e. The van der Waals surface area contributed by atoms with Crippen LogP contribution in [0.1, 0.15) is 42.7 Å². The average Bonchev–Trinajstić information content (AvgIpc) is 3.52. The summed E-state index contributed by atoms with van der Waals surface area (Å²) in [6.45, 7) is 8.90. The van der Waals surface area contributed by atoms with Crippen molar-refractivity contribution in [2.75, 3.05) is 30.3 Å². The number of rotatable bonds is 8. The Morgan fingerprint density at radius 1 is 1.14 bits per heavy atom. The first kappa shape index (κ1) is 24.6. The van der Waals surface area contributed by atoms with Crippen LogP contribution < -0.4 is 16.0 Å². The monoisotopic (exact) mass is 503 g/mol. The van der Waals surface area contributed by atoms with Gasteiger partial charge in [0.2, 0.25) is 5.95 Å². The first-order valence-corrected chi connectivity index (χ1v) is 12.4. The molecule has 0 unspecified atom stereocenters. The van der Waals surface area contributed by atoms with Crippen molar-refractivity contribution in [1.82, 2.24) is 44.7 Å². The molecule has 0 bridgehead atoms. The quantitative estimate of drug-likeness (QED) is 0.332. The lowest BCUT2D eigenvalue weighted by molar-refractivity contribution is 0.0940. The maximum absolute atomic E-state index is 12.9. The number of nitrogens with one attached hydrogen (secondary N) is 3. The van der Waals surface area contributed by atoms with Crippen molar-refractivity contribution in [1.29, 1.82) is 0 Å². The molecule has 5 rings (SSSR count). The van der Waals surface area contributed by atoms with E-state index in [1.54, 1.807) is 27.8 Å². The summed E-state index contributed by atoms with van der Waals surface area (Å²) in [7, 11) is 3.67. The number of carbonyl (C=O) groups excluding carboxylic acids is 1. The Kier molecular flexibility index (Phi) is 6.50. The van der Waals surface area contributed by atoms with E-state index in [9.17, 15) is 4.79 Å². The van der Waals surface area contributed by atoms with Crippen molar-refractivity contribution in [3.8, 4) is 0 Å². The Hall–Kier alpha value is -4.06. The molecule has 12 heteroatoms. The second-order valence-corrected chi connectivity index (χ2v) is 10.0. The van der Waals surface area contributed by atoms with Crippen molar-refractivity contribution in [3.05, 3.63) is 42.0 Å². The first-order valence-electron chi connectivity index (χ1n) is 12.4. The molecule has 37 heavy (non-hydrogen) atoms. The van der Waals surface area contributed by atoms with Gasteiger partial charge in [-0.15, -0.1) is 0 Å². The molecule has 12 nitrogen and oxygen atoms in total. The number of nitrogens with zero attached hydrogens (tertiary/aromatic N) is 8. The second-order valence-electron chi connectivity index (χ2n) is 10.0. The number of aryl methyl sites for hydroxylation is 3. The van der Waals surface area contributed by atoms with Crippen molar-refractivity contribution in [2.24, 2.45) is 14.1 Å². The van der Waals surface area contributed by atoms with E-state index < -0.39 is 0 Å². The van der Waals surface area contributed by atoms with E-state index in [1.807, 2.05) is 33.3 Å². The summed E-state index contributed by atoms with van der Waals surface area (Å²) in [6.07, 6.45) is 7.54. The minimum absolute atomic E-state index is 0.146. The summed E-state index contributed by atoms with van der Waals surface area (Å²) >= 11 is 0. The molecule has 3 N–H and O–H groups in total. The van der Waals surface area contributed by atoms with E-state index in [-0.39, 0.29) is 11.4 Å². The fourth-order valence-corrected chi connectivity index (χ4v) is 4.68. The molecule has 1 fully saturated rings. The van der Waals surface area contributed by atoms with Crippen LogP contribution in [0.4, 0.5) is 23.3 Å². The molecule has 5 heterocycles. The van der Waals surface area contributed by atoms with E-state index in [0.29, 0.717) is 41.0 Å². The normalized spacial score (nSPS) is 15.3. The number of pyridine rings is 1. The molecule has 1 aliphatic rings. The maximum Gasteiger partial charge on any atom is 0.252 e. The molecule has 0 aromatic carbocycles.